The topological polar surface area (TPSA) is 98.5 Å². The summed E-state index contributed by atoms with van der Waals surface area (Å²) in [4.78, 5) is 11.3. The Labute approximate surface area is 141 Å². The SMILES string of the molecule is CCCCOc1ccc(S(=O)(=O)Nc2cccc(C(N)=O)c2)cc1. The molecule has 0 saturated carbocycles. The van der Waals surface area contributed by atoms with Crippen LogP contribution in [0.25, 0.3) is 0 Å². The first-order valence-electron chi connectivity index (χ1n) is 7.58. The van der Waals surface area contributed by atoms with E-state index in [1.807, 2.05) is 0 Å². The molecule has 0 atom stereocenters. The Morgan fingerprint density at radius 1 is 1.17 bits per heavy atom. The molecule has 0 aliphatic heterocycles. The van der Waals surface area contributed by atoms with Crippen LogP contribution >= 0.6 is 0 Å². The minimum Gasteiger partial charge on any atom is -0.494 e. The molecule has 3 N–H and O–H groups in total. The molecule has 0 aliphatic rings. The average Bonchev–Trinajstić information content (AvgIpc) is 2.55. The van der Waals surface area contributed by atoms with Gasteiger partial charge in [-0.15, -0.1) is 0 Å². The minimum atomic E-state index is -3.76. The van der Waals surface area contributed by atoms with E-state index < -0.39 is 15.9 Å². The van der Waals surface area contributed by atoms with Crippen LogP contribution < -0.4 is 15.2 Å². The Balaban J connectivity index is 2.12. The summed E-state index contributed by atoms with van der Waals surface area (Å²) in [7, 11) is -3.76. The summed E-state index contributed by atoms with van der Waals surface area (Å²) in [6.45, 7) is 2.67. The number of sulfonamides is 1. The lowest BCUT2D eigenvalue weighted by atomic mass is 10.2. The van der Waals surface area contributed by atoms with E-state index in [4.69, 9.17) is 10.5 Å². The number of nitrogens with two attached hydrogens (primary N) is 1. The number of rotatable bonds is 8. The lowest BCUT2D eigenvalue weighted by Gasteiger charge is -2.10. The van der Waals surface area contributed by atoms with Gasteiger partial charge in [0.25, 0.3) is 10.0 Å². The molecule has 0 bridgehead atoms. The fourth-order valence-corrected chi connectivity index (χ4v) is 3.05. The molecule has 0 fully saturated rings. The van der Waals surface area contributed by atoms with Gasteiger partial charge in [-0.05, 0) is 48.9 Å². The third-order valence-electron chi connectivity index (χ3n) is 3.30. The molecule has 0 heterocycles. The summed E-state index contributed by atoms with van der Waals surface area (Å²) in [6, 6.07) is 12.2. The molecule has 2 aromatic carbocycles. The van der Waals surface area contributed by atoms with Crippen molar-refractivity contribution in [3.63, 3.8) is 0 Å². The molecule has 0 unspecified atom stereocenters. The van der Waals surface area contributed by atoms with Crippen molar-refractivity contribution in [3.05, 3.63) is 54.1 Å². The molecule has 0 saturated heterocycles. The van der Waals surface area contributed by atoms with Gasteiger partial charge in [0.2, 0.25) is 5.91 Å². The number of carbonyl (C=O) groups is 1. The van der Waals surface area contributed by atoms with Crippen LogP contribution in [0.1, 0.15) is 30.1 Å². The van der Waals surface area contributed by atoms with Gasteiger partial charge in [-0.2, -0.15) is 0 Å². The molecule has 6 nitrogen and oxygen atoms in total. The second-order valence-corrected chi connectivity index (χ2v) is 6.91. The predicted molar refractivity (Wildman–Crippen MR) is 92.6 cm³/mol. The van der Waals surface area contributed by atoms with Gasteiger partial charge in [-0.25, -0.2) is 8.42 Å². The first-order chi connectivity index (χ1) is 11.4. The molecular formula is C17H20N2O4S. The number of hydrogen-bond donors (Lipinski definition) is 2. The van der Waals surface area contributed by atoms with Crippen molar-refractivity contribution in [1.29, 1.82) is 0 Å². The quantitative estimate of drug-likeness (QED) is 0.717. The molecule has 128 valence electrons. The highest BCUT2D eigenvalue weighted by atomic mass is 32.2. The van der Waals surface area contributed by atoms with Crippen LogP contribution in [-0.4, -0.2) is 20.9 Å². The van der Waals surface area contributed by atoms with Gasteiger partial charge in [-0.1, -0.05) is 19.4 Å². The lowest BCUT2D eigenvalue weighted by Crippen LogP contribution is -2.15. The summed E-state index contributed by atoms with van der Waals surface area (Å²) in [5, 5.41) is 0. The van der Waals surface area contributed by atoms with E-state index in [9.17, 15) is 13.2 Å². The van der Waals surface area contributed by atoms with Gasteiger partial charge >= 0.3 is 0 Å². The molecular weight excluding hydrogens is 328 g/mol. The molecule has 7 heteroatoms. The van der Waals surface area contributed by atoms with Gasteiger partial charge in [0.05, 0.1) is 11.5 Å². The second kappa shape index (κ2) is 7.83. The third-order valence-corrected chi connectivity index (χ3v) is 4.70. The van der Waals surface area contributed by atoms with Gasteiger partial charge in [0.1, 0.15) is 5.75 Å². The largest absolute Gasteiger partial charge is 0.494 e. The molecule has 0 radical (unpaired) electrons. The number of carbonyl (C=O) groups excluding carboxylic acids is 1. The summed E-state index contributed by atoms with van der Waals surface area (Å²) >= 11 is 0. The highest BCUT2D eigenvalue weighted by Gasteiger charge is 2.15. The van der Waals surface area contributed by atoms with Crippen molar-refractivity contribution in [2.45, 2.75) is 24.7 Å². The third kappa shape index (κ3) is 4.73. The molecule has 2 aromatic rings. The fraction of sp³-hybridized carbons (Fsp3) is 0.235. The van der Waals surface area contributed by atoms with Crippen molar-refractivity contribution >= 4 is 21.6 Å². The number of primary amides is 1. The van der Waals surface area contributed by atoms with Crippen LogP contribution in [0, 0.1) is 0 Å². The second-order valence-electron chi connectivity index (χ2n) is 5.22. The van der Waals surface area contributed by atoms with Crippen LogP contribution in [0.3, 0.4) is 0 Å². The molecule has 1 amide bonds. The Morgan fingerprint density at radius 3 is 2.50 bits per heavy atom. The van der Waals surface area contributed by atoms with E-state index in [1.165, 1.54) is 24.3 Å². The highest BCUT2D eigenvalue weighted by Crippen LogP contribution is 2.20. The molecule has 0 spiro atoms. The molecule has 0 aromatic heterocycles. The van der Waals surface area contributed by atoms with Crippen molar-refractivity contribution in [1.82, 2.24) is 0 Å². The molecule has 2 rings (SSSR count). The zero-order valence-corrected chi connectivity index (χ0v) is 14.2. The summed E-state index contributed by atoms with van der Waals surface area (Å²) in [6.07, 6.45) is 1.97. The van der Waals surface area contributed by atoms with Crippen molar-refractivity contribution < 1.29 is 17.9 Å². The van der Waals surface area contributed by atoms with Gasteiger partial charge in [-0.3, -0.25) is 9.52 Å². The van der Waals surface area contributed by atoms with E-state index in [0.717, 1.165) is 12.8 Å². The van der Waals surface area contributed by atoms with E-state index >= 15 is 0 Å². The molecule has 0 aliphatic carbocycles. The smallest absolute Gasteiger partial charge is 0.261 e. The first kappa shape index (κ1) is 17.8. The predicted octanol–water partition coefficient (Wildman–Crippen LogP) is 2.77. The van der Waals surface area contributed by atoms with Crippen LogP contribution in [0.2, 0.25) is 0 Å². The maximum atomic E-state index is 12.4. The average molecular weight is 348 g/mol. The Kier molecular flexibility index (Phi) is 5.81. The summed E-state index contributed by atoms with van der Waals surface area (Å²) in [5.74, 6) is 0.00255. The number of ether oxygens (including phenoxy) is 1. The Morgan fingerprint density at radius 2 is 1.88 bits per heavy atom. The Hall–Kier alpha value is -2.54. The Bertz CT molecular complexity index is 802. The number of nitrogens with one attached hydrogen (secondary N) is 1. The van der Waals surface area contributed by atoms with Crippen LogP contribution in [0.15, 0.2) is 53.4 Å². The zero-order chi connectivity index (χ0) is 17.6. The lowest BCUT2D eigenvalue weighted by molar-refractivity contribution is 0.100. The monoisotopic (exact) mass is 348 g/mol. The van der Waals surface area contributed by atoms with Gasteiger partial charge < -0.3 is 10.5 Å². The zero-order valence-electron chi connectivity index (χ0n) is 13.4. The maximum Gasteiger partial charge on any atom is 0.261 e. The number of hydrogen-bond acceptors (Lipinski definition) is 4. The normalized spacial score (nSPS) is 11.0. The van der Waals surface area contributed by atoms with E-state index in [0.29, 0.717) is 12.4 Å². The number of anilines is 1. The summed E-state index contributed by atoms with van der Waals surface area (Å²) in [5.41, 5.74) is 5.70. The van der Waals surface area contributed by atoms with Gasteiger partial charge in [0, 0.05) is 11.3 Å². The van der Waals surface area contributed by atoms with Gasteiger partial charge in [0.15, 0.2) is 0 Å². The number of benzene rings is 2. The van der Waals surface area contributed by atoms with Crippen molar-refractivity contribution in [2.75, 3.05) is 11.3 Å². The van der Waals surface area contributed by atoms with E-state index in [-0.39, 0.29) is 16.1 Å². The van der Waals surface area contributed by atoms with Crippen molar-refractivity contribution in [2.24, 2.45) is 5.73 Å². The van der Waals surface area contributed by atoms with Crippen LogP contribution in [-0.2, 0) is 10.0 Å². The first-order valence-corrected chi connectivity index (χ1v) is 9.06. The fourth-order valence-electron chi connectivity index (χ4n) is 2.00. The van der Waals surface area contributed by atoms with E-state index in [1.54, 1.807) is 24.3 Å². The van der Waals surface area contributed by atoms with E-state index in [2.05, 4.69) is 11.6 Å². The highest BCUT2D eigenvalue weighted by molar-refractivity contribution is 7.92. The van der Waals surface area contributed by atoms with Crippen LogP contribution in [0.5, 0.6) is 5.75 Å². The van der Waals surface area contributed by atoms with Crippen molar-refractivity contribution in [3.8, 4) is 5.75 Å². The molecule has 24 heavy (non-hydrogen) atoms. The number of unbranched alkanes of at least 4 members (excludes halogenated alkanes) is 1. The van der Waals surface area contributed by atoms with Crippen LogP contribution in [0.4, 0.5) is 5.69 Å². The maximum absolute atomic E-state index is 12.4. The number of amides is 1. The summed E-state index contributed by atoms with van der Waals surface area (Å²) < 4.78 is 32.7. The minimum absolute atomic E-state index is 0.106. The standard InChI is InChI=1S/C17H20N2O4S/c1-2-3-11-23-15-7-9-16(10-8-15)24(21,22)19-14-6-4-5-13(12-14)17(18)20/h4-10,12,19H,2-3,11H2,1H3,(H2,18,20).